The Kier molecular flexibility index (Phi) is 4.36. The molecule has 4 rings (SSSR count). The van der Waals surface area contributed by atoms with E-state index in [0.717, 1.165) is 16.3 Å². The van der Waals surface area contributed by atoms with E-state index < -0.39 is 11.5 Å². The molecule has 0 saturated carbocycles. The minimum Gasteiger partial charge on any atom is -0.375 e. The lowest BCUT2D eigenvalue weighted by molar-refractivity contribution is -0.135. The van der Waals surface area contributed by atoms with Gasteiger partial charge in [0.05, 0.1) is 12.1 Å². The largest absolute Gasteiger partial charge is 0.375 e. The number of anilines is 1. The zero-order chi connectivity index (χ0) is 19.9. The molecular weight excluding hydrogens is 350 g/mol. The molecule has 0 bridgehead atoms. The summed E-state index contributed by atoms with van der Waals surface area (Å²) in [6, 6.07) is 20.3. The first-order chi connectivity index (χ1) is 13.4. The van der Waals surface area contributed by atoms with E-state index in [1.54, 1.807) is 30.3 Å². The van der Waals surface area contributed by atoms with E-state index >= 15 is 0 Å². The molecule has 4 heteroatoms. The minimum absolute atomic E-state index is 0.270. The Morgan fingerprint density at radius 2 is 1.71 bits per heavy atom. The van der Waals surface area contributed by atoms with Gasteiger partial charge in [-0.1, -0.05) is 66.7 Å². The molecule has 0 radical (unpaired) electrons. The van der Waals surface area contributed by atoms with Crippen LogP contribution in [0.3, 0.4) is 0 Å². The van der Waals surface area contributed by atoms with E-state index in [1.807, 2.05) is 43.3 Å². The number of hydrogen-bond acceptors (Lipinski definition) is 3. The maximum atomic E-state index is 13.1. The fourth-order valence-electron chi connectivity index (χ4n) is 3.80. The molecule has 0 fully saturated rings. The third kappa shape index (κ3) is 2.92. The SMILES string of the molecule is C=C(C)CN1C(=O)C(O)(CC(=O)c2ccc3ccccc3c2)c2ccccc21. The van der Waals surface area contributed by atoms with E-state index in [0.29, 0.717) is 23.4 Å². The number of fused-ring (bicyclic) bond motifs is 2. The van der Waals surface area contributed by atoms with Gasteiger partial charge >= 0.3 is 0 Å². The molecule has 0 aromatic heterocycles. The topological polar surface area (TPSA) is 57.6 Å². The Bertz CT molecular complexity index is 1120. The number of rotatable bonds is 5. The molecule has 140 valence electrons. The summed E-state index contributed by atoms with van der Waals surface area (Å²) < 4.78 is 0. The summed E-state index contributed by atoms with van der Waals surface area (Å²) >= 11 is 0. The minimum atomic E-state index is -1.87. The van der Waals surface area contributed by atoms with E-state index in [1.165, 1.54) is 4.90 Å². The summed E-state index contributed by atoms with van der Waals surface area (Å²) in [6.45, 7) is 6.00. The third-order valence-electron chi connectivity index (χ3n) is 5.16. The molecule has 0 saturated heterocycles. The maximum Gasteiger partial charge on any atom is 0.264 e. The Morgan fingerprint density at radius 3 is 2.46 bits per heavy atom. The van der Waals surface area contributed by atoms with Crippen LogP contribution in [-0.2, 0) is 10.4 Å². The van der Waals surface area contributed by atoms with Crippen molar-refractivity contribution in [3.8, 4) is 0 Å². The van der Waals surface area contributed by atoms with Gasteiger partial charge in [-0.15, -0.1) is 0 Å². The molecule has 1 N–H and O–H groups in total. The average Bonchev–Trinajstić information content (AvgIpc) is 2.89. The Hall–Kier alpha value is -3.24. The highest BCUT2D eigenvalue weighted by molar-refractivity contribution is 6.11. The van der Waals surface area contributed by atoms with Gasteiger partial charge in [-0.2, -0.15) is 0 Å². The van der Waals surface area contributed by atoms with Gasteiger partial charge in [0.1, 0.15) is 0 Å². The zero-order valence-electron chi connectivity index (χ0n) is 15.7. The van der Waals surface area contributed by atoms with E-state index in [2.05, 4.69) is 6.58 Å². The molecule has 3 aromatic rings. The molecule has 1 amide bonds. The summed E-state index contributed by atoms with van der Waals surface area (Å²) in [6.07, 6.45) is -0.298. The lowest BCUT2D eigenvalue weighted by atomic mass is 9.88. The van der Waals surface area contributed by atoms with Crippen molar-refractivity contribution in [3.63, 3.8) is 0 Å². The Labute approximate surface area is 163 Å². The second-order valence-corrected chi connectivity index (χ2v) is 7.39. The number of carbonyl (C=O) groups excluding carboxylic acids is 2. The molecule has 28 heavy (non-hydrogen) atoms. The highest BCUT2D eigenvalue weighted by Gasteiger charge is 2.50. The molecule has 3 aromatic carbocycles. The number of nitrogens with zero attached hydrogens (tertiary/aromatic N) is 1. The Balaban J connectivity index is 1.70. The van der Waals surface area contributed by atoms with E-state index in [9.17, 15) is 14.7 Å². The van der Waals surface area contributed by atoms with Crippen molar-refractivity contribution in [2.75, 3.05) is 11.4 Å². The molecule has 1 aliphatic rings. The number of amides is 1. The summed E-state index contributed by atoms with van der Waals surface area (Å²) in [7, 11) is 0. The number of hydrogen-bond donors (Lipinski definition) is 1. The number of ketones is 1. The summed E-state index contributed by atoms with van der Waals surface area (Å²) in [5.41, 5.74) is 0.512. The highest BCUT2D eigenvalue weighted by atomic mass is 16.3. The average molecular weight is 371 g/mol. The van der Waals surface area contributed by atoms with Crippen molar-refractivity contribution in [2.45, 2.75) is 18.9 Å². The number of Topliss-reactive ketones (excluding diaryl/α,β-unsaturated/α-hetero) is 1. The van der Waals surface area contributed by atoms with Gasteiger partial charge < -0.3 is 10.0 Å². The zero-order valence-corrected chi connectivity index (χ0v) is 15.7. The second kappa shape index (κ2) is 6.73. The summed E-state index contributed by atoms with van der Waals surface area (Å²) in [5, 5.41) is 13.3. The van der Waals surface area contributed by atoms with Crippen LogP contribution >= 0.6 is 0 Å². The third-order valence-corrected chi connectivity index (χ3v) is 5.16. The standard InChI is InChI=1S/C24H21NO3/c1-16(2)15-25-21-10-6-5-9-20(21)24(28,23(25)27)14-22(26)19-12-11-17-7-3-4-8-18(17)13-19/h3-13,28H,1,14-15H2,2H3. The van der Waals surface area contributed by atoms with Gasteiger partial charge in [-0.25, -0.2) is 0 Å². The molecule has 0 aliphatic carbocycles. The van der Waals surface area contributed by atoms with Crippen molar-refractivity contribution < 1.29 is 14.7 Å². The van der Waals surface area contributed by atoms with Crippen molar-refractivity contribution in [2.24, 2.45) is 0 Å². The van der Waals surface area contributed by atoms with Crippen LogP contribution in [0.25, 0.3) is 10.8 Å². The van der Waals surface area contributed by atoms with Crippen LogP contribution in [0.4, 0.5) is 5.69 Å². The smallest absolute Gasteiger partial charge is 0.264 e. The van der Waals surface area contributed by atoms with Crippen molar-refractivity contribution >= 4 is 28.2 Å². The summed E-state index contributed by atoms with van der Waals surface area (Å²) in [5.74, 6) is -0.751. The lowest BCUT2D eigenvalue weighted by Gasteiger charge is -2.23. The number of carbonyl (C=O) groups is 2. The van der Waals surface area contributed by atoms with Gasteiger partial charge in [0.2, 0.25) is 0 Å². The quantitative estimate of drug-likeness (QED) is 0.540. The lowest BCUT2D eigenvalue weighted by Crippen LogP contribution is -2.42. The number of aliphatic hydroxyl groups is 1. The highest BCUT2D eigenvalue weighted by Crippen LogP contribution is 2.43. The molecule has 1 unspecified atom stereocenters. The predicted octanol–water partition coefficient (Wildman–Crippen LogP) is 4.22. The number of benzene rings is 3. The first-order valence-electron chi connectivity index (χ1n) is 9.20. The van der Waals surface area contributed by atoms with Crippen LogP contribution in [0.5, 0.6) is 0 Å². The van der Waals surface area contributed by atoms with E-state index in [-0.39, 0.29) is 12.2 Å². The monoisotopic (exact) mass is 371 g/mol. The van der Waals surface area contributed by atoms with Gasteiger partial charge in [-0.3, -0.25) is 9.59 Å². The molecule has 4 nitrogen and oxygen atoms in total. The van der Waals surface area contributed by atoms with Gasteiger partial charge in [0.25, 0.3) is 5.91 Å². The molecule has 1 heterocycles. The van der Waals surface area contributed by atoms with Gasteiger partial charge in [0.15, 0.2) is 11.4 Å². The van der Waals surface area contributed by atoms with Crippen LogP contribution in [0.1, 0.15) is 29.3 Å². The van der Waals surface area contributed by atoms with Crippen LogP contribution in [-0.4, -0.2) is 23.3 Å². The number of para-hydroxylation sites is 1. The first-order valence-corrected chi connectivity index (χ1v) is 9.20. The summed E-state index contributed by atoms with van der Waals surface area (Å²) in [4.78, 5) is 27.6. The van der Waals surface area contributed by atoms with Crippen LogP contribution < -0.4 is 4.90 Å². The van der Waals surface area contributed by atoms with Crippen LogP contribution in [0.15, 0.2) is 78.9 Å². The predicted molar refractivity (Wildman–Crippen MR) is 110 cm³/mol. The normalized spacial score (nSPS) is 18.4. The molecular formula is C24H21NO3. The maximum absolute atomic E-state index is 13.1. The van der Waals surface area contributed by atoms with Crippen molar-refractivity contribution in [1.82, 2.24) is 0 Å². The Morgan fingerprint density at radius 1 is 1.04 bits per heavy atom. The fourth-order valence-corrected chi connectivity index (χ4v) is 3.80. The first kappa shape index (κ1) is 18.1. The van der Waals surface area contributed by atoms with Crippen LogP contribution in [0.2, 0.25) is 0 Å². The fraction of sp³-hybridized carbons (Fsp3) is 0.167. The molecule has 1 atom stereocenters. The van der Waals surface area contributed by atoms with Gasteiger partial charge in [-0.05, 0) is 29.8 Å². The van der Waals surface area contributed by atoms with Gasteiger partial charge in [0, 0.05) is 17.7 Å². The molecule has 1 aliphatic heterocycles. The van der Waals surface area contributed by atoms with Crippen molar-refractivity contribution in [3.05, 3.63) is 90.0 Å². The molecule has 0 spiro atoms. The van der Waals surface area contributed by atoms with E-state index in [4.69, 9.17) is 0 Å². The second-order valence-electron chi connectivity index (χ2n) is 7.39. The van der Waals surface area contributed by atoms with Crippen LogP contribution in [0, 0.1) is 0 Å². The van der Waals surface area contributed by atoms with Crippen molar-refractivity contribution in [1.29, 1.82) is 0 Å².